The molecule has 0 bridgehead atoms. The predicted molar refractivity (Wildman–Crippen MR) is 86.2 cm³/mol. The summed E-state index contributed by atoms with van der Waals surface area (Å²) in [5.74, 6) is 1.84. The molecule has 0 heterocycles. The van der Waals surface area contributed by atoms with E-state index in [-0.39, 0.29) is 0 Å². The molecular weight excluding hydrogens is 351 g/mol. The largest absolute Gasteiger partial charge is 0.497 e. The molecule has 0 amide bonds. The summed E-state index contributed by atoms with van der Waals surface area (Å²) in [5.41, 5.74) is 3.65. The first kappa shape index (κ1) is 14.2. The smallest absolute Gasteiger partial charge is 0.123 e. The van der Waals surface area contributed by atoms with Gasteiger partial charge in [0.2, 0.25) is 0 Å². The summed E-state index contributed by atoms with van der Waals surface area (Å²) >= 11 is 2.36. The van der Waals surface area contributed by atoms with Crippen LogP contribution in [0.25, 0.3) is 0 Å². The molecule has 0 saturated heterocycles. The highest BCUT2D eigenvalue weighted by atomic mass is 127. The zero-order chi connectivity index (χ0) is 13.7. The molecule has 2 nitrogen and oxygen atoms in total. The fourth-order valence-corrected chi connectivity index (χ4v) is 2.43. The first-order chi connectivity index (χ1) is 9.22. The van der Waals surface area contributed by atoms with Crippen molar-refractivity contribution in [1.82, 2.24) is 0 Å². The molecule has 0 aromatic heterocycles. The Hall–Kier alpha value is -1.23. The van der Waals surface area contributed by atoms with Gasteiger partial charge in [0.05, 0.1) is 7.11 Å². The van der Waals surface area contributed by atoms with Crippen molar-refractivity contribution >= 4 is 22.6 Å². The number of hydrogen-bond acceptors (Lipinski definition) is 2. The second-order valence-electron chi connectivity index (χ2n) is 4.38. The highest BCUT2D eigenvalue weighted by Gasteiger charge is 2.03. The maximum absolute atomic E-state index is 5.90. The van der Waals surface area contributed by atoms with Crippen LogP contribution in [0.1, 0.15) is 16.7 Å². The molecule has 3 heteroatoms. The summed E-state index contributed by atoms with van der Waals surface area (Å²) in [4.78, 5) is 0. The van der Waals surface area contributed by atoms with Gasteiger partial charge in [-0.3, -0.25) is 0 Å². The average Bonchev–Trinajstić information content (AvgIpc) is 2.46. The van der Waals surface area contributed by atoms with Crippen molar-refractivity contribution < 1.29 is 9.47 Å². The van der Waals surface area contributed by atoms with Gasteiger partial charge in [0, 0.05) is 9.99 Å². The summed E-state index contributed by atoms with van der Waals surface area (Å²) in [6, 6.07) is 14.3. The minimum absolute atomic E-state index is 0.580. The van der Waals surface area contributed by atoms with Gasteiger partial charge in [-0.1, -0.05) is 52.4 Å². The summed E-state index contributed by atoms with van der Waals surface area (Å²) in [5, 5.41) is 0. The summed E-state index contributed by atoms with van der Waals surface area (Å²) in [6.07, 6.45) is 0. The van der Waals surface area contributed by atoms with Crippen molar-refractivity contribution in [3.63, 3.8) is 0 Å². The minimum atomic E-state index is 0.580. The Morgan fingerprint density at radius 1 is 1.05 bits per heavy atom. The van der Waals surface area contributed by atoms with E-state index in [9.17, 15) is 0 Å². The lowest BCUT2D eigenvalue weighted by Crippen LogP contribution is -1.98. The van der Waals surface area contributed by atoms with Gasteiger partial charge in [-0.05, 0) is 30.7 Å². The molecule has 0 fully saturated rings. The normalized spacial score (nSPS) is 10.3. The van der Waals surface area contributed by atoms with E-state index in [4.69, 9.17) is 9.47 Å². The molecule has 0 aliphatic heterocycles. The third kappa shape index (κ3) is 3.86. The number of aryl methyl sites for hydroxylation is 1. The highest BCUT2D eigenvalue weighted by Crippen LogP contribution is 2.24. The Labute approximate surface area is 127 Å². The van der Waals surface area contributed by atoms with E-state index < -0.39 is 0 Å². The number of benzene rings is 2. The van der Waals surface area contributed by atoms with Crippen LogP contribution in [0.4, 0.5) is 0 Å². The van der Waals surface area contributed by atoms with Gasteiger partial charge < -0.3 is 9.47 Å². The number of rotatable bonds is 5. The molecule has 0 N–H and O–H groups in total. The van der Waals surface area contributed by atoms with E-state index in [0.717, 1.165) is 21.5 Å². The molecular formula is C16H17IO2. The maximum Gasteiger partial charge on any atom is 0.123 e. The molecule has 19 heavy (non-hydrogen) atoms. The number of ether oxygens (including phenoxy) is 2. The summed E-state index contributed by atoms with van der Waals surface area (Å²) in [6.45, 7) is 2.68. The molecule has 2 rings (SSSR count). The Kier molecular flexibility index (Phi) is 5.07. The van der Waals surface area contributed by atoms with Gasteiger partial charge in [0.1, 0.15) is 18.1 Å². The standard InChI is InChI=1S/C16H17IO2/c1-12-3-8-16(14(9-12)10-17)19-11-13-4-6-15(18-2)7-5-13/h3-9H,10-11H2,1-2H3. The number of alkyl halides is 1. The molecule has 100 valence electrons. The van der Waals surface area contributed by atoms with E-state index in [2.05, 4.69) is 41.6 Å². The van der Waals surface area contributed by atoms with Crippen LogP contribution in [-0.4, -0.2) is 7.11 Å². The molecule has 0 unspecified atom stereocenters. The SMILES string of the molecule is COc1ccc(COc2ccc(C)cc2CI)cc1. The Morgan fingerprint density at radius 2 is 1.79 bits per heavy atom. The lowest BCUT2D eigenvalue weighted by molar-refractivity contribution is 0.303. The van der Waals surface area contributed by atoms with Crippen LogP contribution in [0.5, 0.6) is 11.5 Å². The molecule has 2 aromatic rings. The van der Waals surface area contributed by atoms with Crippen LogP contribution in [0, 0.1) is 6.92 Å². The van der Waals surface area contributed by atoms with Gasteiger partial charge >= 0.3 is 0 Å². The third-order valence-electron chi connectivity index (χ3n) is 2.91. The van der Waals surface area contributed by atoms with Crippen LogP contribution < -0.4 is 9.47 Å². The van der Waals surface area contributed by atoms with Crippen LogP contribution in [0.2, 0.25) is 0 Å². The van der Waals surface area contributed by atoms with E-state index in [1.165, 1.54) is 11.1 Å². The Bertz CT molecular complexity index is 535. The first-order valence-corrected chi connectivity index (χ1v) is 7.66. The van der Waals surface area contributed by atoms with Gasteiger partial charge in [0.25, 0.3) is 0 Å². The van der Waals surface area contributed by atoms with Crippen LogP contribution >= 0.6 is 22.6 Å². The fraction of sp³-hybridized carbons (Fsp3) is 0.250. The Balaban J connectivity index is 2.05. The van der Waals surface area contributed by atoms with Crippen molar-refractivity contribution in [2.45, 2.75) is 18.0 Å². The average molecular weight is 368 g/mol. The van der Waals surface area contributed by atoms with Crippen molar-refractivity contribution in [2.24, 2.45) is 0 Å². The molecule has 0 aliphatic rings. The molecule has 0 spiro atoms. The van der Waals surface area contributed by atoms with Gasteiger partial charge in [-0.2, -0.15) is 0 Å². The summed E-state index contributed by atoms with van der Waals surface area (Å²) < 4.78 is 12.0. The van der Waals surface area contributed by atoms with Gasteiger partial charge in [0.15, 0.2) is 0 Å². The topological polar surface area (TPSA) is 18.5 Å². The third-order valence-corrected chi connectivity index (χ3v) is 3.74. The Morgan fingerprint density at radius 3 is 2.42 bits per heavy atom. The molecule has 2 aromatic carbocycles. The minimum Gasteiger partial charge on any atom is -0.497 e. The molecule has 0 atom stereocenters. The number of methoxy groups -OCH3 is 1. The quantitative estimate of drug-likeness (QED) is 0.571. The van der Waals surface area contributed by atoms with Crippen molar-refractivity contribution in [2.75, 3.05) is 7.11 Å². The van der Waals surface area contributed by atoms with Gasteiger partial charge in [-0.25, -0.2) is 0 Å². The van der Waals surface area contributed by atoms with Gasteiger partial charge in [-0.15, -0.1) is 0 Å². The van der Waals surface area contributed by atoms with E-state index in [0.29, 0.717) is 6.61 Å². The zero-order valence-corrected chi connectivity index (χ0v) is 13.3. The molecule has 0 aliphatic carbocycles. The monoisotopic (exact) mass is 368 g/mol. The van der Waals surface area contributed by atoms with Crippen molar-refractivity contribution in [1.29, 1.82) is 0 Å². The predicted octanol–water partition coefficient (Wildman–Crippen LogP) is 4.52. The molecule has 0 radical (unpaired) electrons. The maximum atomic E-state index is 5.90. The summed E-state index contributed by atoms with van der Waals surface area (Å²) in [7, 11) is 1.67. The van der Waals surface area contributed by atoms with Crippen LogP contribution in [-0.2, 0) is 11.0 Å². The second-order valence-corrected chi connectivity index (χ2v) is 5.14. The second kappa shape index (κ2) is 6.80. The van der Waals surface area contributed by atoms with Crippen LogP contribution in [0.3, 0.4) is 0 Å². The fourth-order valence-electron chi connectivity index (χ4n) is 1.84. The lowest BCUT2D eigenvalue weighted by Gasteiger charge is -2.11. The lowest BCUT2D eigenvalue weighted by atomic mass is 10.1. The van der Waals surface area contributed by atoms with E-state index in [1.54, 1.807) is 7.11 Å². The van der Waals surface area contributed by atoms with Crippen molar-refractivity contribution in [3.8, 4) is 11.5 Å². The number of hydrogen-bond donors (Lipinski definition) is 0. The number of halogens is 1. The molecule has 0 saturated carbocycles. The van der Waals surface area contributed by atoms with Crippen molar-refractivity contribution in [3.05, 3.63) is 59.2 Å². The van der Waals surface area contributed by atoms with Crippen LogP contribution in [0.15, 0.2) is 42.5 Å². The zero-order valence-electron chi connectivity index (χ0n) is 11.2. The highest BCUT2D eigenvalue weighted by molar-refractivity contribution is 14.1. The first-order valence-electron chi connectivity index (χ1n) is 6.14. The van der Waals surface area contributed by atoms with E-state index in [1.807, 2.05) is 30.3 Å². The van der Waals surface area contributed by atoms with E-state index >= 15 is 0 Å².